The third-order valence-electron chi connectivity index (χ3n) is 6.50. The fourth-order valence-corrected chi connectivity index (χ4v) is 6.87. The van der Waals surface area contributed by atoms with E-state index in [1.165, 1.54) is 30.2 Å². The molecule has 1 unspecified atom stereocenters. The number of anilines is 2. The summed E-state index contributed by atoms with van der Waals surface area (Å²) >= 11 is 15.3. The number of para-hydroxylation sites is 2. The molecule has 2 heterocycles. The number of thioether (sulfide) groups is 1. The SMILES string of the molecule is COc1ccccc1NC(=O)CSc1nnc(N2C(N)=C(C#N)C(c3cccc(Cl)c3Cl)C3=C2CCCC3=O)s1. The molecule has 13 heteroatoms. The number of methoxy groups -OCH3 is 1. The predicted molar refractivity (Wildman–Crippen MR) is 157 cm³/mol. The number of halogens is 2. The molecule has 2 aromatic carbocycles. The smallest absolute Gasteiger partial charge is 0.234 e. The van der Waals surface area contributed by atoms with Crippen molar-refractivity contribution in [3.63, 3.8) is 0 Å². The highest BCUT2D eigenvalue weighted by Crippen LogP contribution is 2.49. The normalized spacial score (nSPS) is 17.0. The quantitative estimate of drug-likeness (QED) is 0.313. The van der Waals surface area contributed by atoms with E-state index in [4.69, 9.17) is 33.7 Å². The standard InChI is InChI=1S/C27H22Cl2N6O3S2/c1-38-20-11-3-2-8-17(20)32-21(37)13-39-27-34-33-26(40-27)35-18-9-5-10-19(36)23(18)22(15(12-30)25(35)31)14-6-4-7-16(28)24(14)29/h2-4,6-8,11,22H,5,9-10,13,31H2,1H3,(H,32,37). The molecule has 0 fully saturated rings. The van der Waals surface area contributed by atoms with Crippen LogP contribution in [0.1, 0.15) is 30.7 Å². The maximum Gasteiger partial charge on any atom is 0.234 e. The van der Waals surface area contributed by atoms with Crippen LogP contribution in [0.15, 0.2) is 69.5 Å². The topological polar surface area (TPSA) is 134 Å². The Morgan fingerprint density at radius 2 is 2.05 bits per heavy atom. The number of hydrogen-bond acceptors (Lipinski definition) is 10. The van der Waals surface area contributed by atoms with Gasteiger partial charge < -0.3 is 15.8 Å². The van der Waals surface area contributed by atoms with Crippen LogP contribution in [0.25, 0.3) is 0 Å². The van der Waals surface area contributed by atoms with Crippen molar-refractivity contribution in [1.82, 2.24) is 10.2 Å². The Kier molecular flexibility index (Phi) is 8.32. The van der Waals surface area contributed by atoms with Gasteiger partial charge in [0, 0.05) is 17.7 Å². The molecule has 0 bridgehead atoms. The molecule has 3 aromatic rings. The number of nitriles is 1. The van der Waals surface area contributed by atoms with Crippen molar-refractivity contribution < 1.29 is 14.3 Å². The molecule has 40 heavy (non-hydrogen) atoms. The number of benzene rings is 2. The van der Waals surface area contributed by atoms with Crippen LogP contribution in [0, 0.1) is 11.3 Å². The first-order chi connectivity index (χ1) is 19.3. The van der Waals surface area contributed by atoms with Crippen molar-refractivity contribution in [2.45, 2.75) is 29.5 Å². The van der Waals surface area contributed by atoms with Crippen molar-refractivity contribution in [3.8, 4) is 11.8 Å². The van der Waals surface area contributed by atoms with Crippen molar-refractivity contribution in [3.05, 3.63) is 80.7 Å². The second-order valence-corrected chi connectivity index (χ2v) is 11.8. The first kappa shape index (κ1) is 28.0. The van der Waals surface area contributed by atoms with Gasteiger partial charge in [-0.25, -0.2) is 0 Å². The number of ketones is 1. The summed E-state index contributed by atoms with van der Waals surface area (Å²) in [4.78, 5) is 27.5. The summed E-state index contributed by atoms with van der Waals surface area (Å²) in [6, 6.07) is 14.5. The zero-order valence-corrected chi connectivity index (χ0v) is 24.3. The van der Waals surface area contributed by atoms with E-state index in [2.05, 4.69) is 21.6 Å². The van der Waals surface area contributed by atoms with Gasteiger partial charge in [-0.2, -0.15) is 5.26 Å². The Hall–Kier alpha value is -3.56. The number of nitrogens with one attached hydrogen (secondary N) is 1. The van der Waals surface area contributed by atoms with Gasteiger partial charge in [0.2, 0.25) is 11.0 Å². The molecule has 0 radical (unpaired) electrons. The minimum Gasteiger partial charge on any atom is -0.495 e. The molecule has 204 valence electrons. The van der Waals surface area contributed by atoms with Crippen LogP contribution in [-0.2, 0) is 9.59 Å². The first-order valence-corrected chi connectivity index (χ1v) is 14.7. The number of rotatable bonds is 7. The maximum absolute atomic E-state index is 13.3. The van der Waals surface area contributed by atoms with Crippen LogP contribution < -0.4 is 20.7 Å². The lowest BCUT2D eigenvalue weighted by atomic mass is 9.76. The summed E-state index contributed by atoms with van der Waals surface area (Å²) in [6.45, 7) is 0. The molecule has 0 saturated carbocycles. The van der Waals surface area contributed by atoms with Crippen LogP contribution in [-0.4, -0.2) is 34.8 Å². The van der Waals surface area contributed by atoms with Gasteiger partial charge in [0.15, 0.2) is 10.1 Å². The fraction of sp³-hybridized carbons (Fsp3) is 0.222. The molecule has 1 amide bonds. The highest BCUT2D eigenvalue weighted by Gasteiger charge is 2.42. The summed E-state index contributed by atoms with van der Waals surface area (Å²) in [5, 5.41) is 22.5. The number of Topliss-reactive ketones (excluding diaryl/α,β-unsaturated/α-hetero) is 1. The molecule has 1 aliphatic carbocycles. The number of hydrogen-bond donors (Lipinski definition) is 2. The number of carbonyl (C=O) groups excluding carboxylic acids is 2. The van der Waals surface area contributed by atoms with Crippen molar-refractivity contribution in [1.29, 1.82) is 5.26 Å². The molecular formula is C27H22Cl2N6O3S2. The summed E-state index contributed by atoms with van der Waals surface area (Å²) in [7, 11) is 1.54. The average molecular weight is 614 g/mol. The Bertz CT molecular complexity index is 1610. The highest BCUT2D eigenvalue weighted by molar-refractivity contribution is 8.01. The molecule has 0 spiro atoms. The average Bonchev–Trinajstić information content (AvgIpc) is 3.42. The van der Waals surface area contributed by atoms with Crippen LogP contribution >= 0.6 is 46.3 Å². The number of ether oxygens (including phenoxy) is 1. The summed E-state index contributed by atoms with van der Waals surface area (Å²) in [6.07, 6.45) is 1.53. The van der Waals surface area contributed by atoms with Gasteiger partial charge in [0.1, 0.15) is 11.6 Å². The third kappa shape index (κ3) is 5.28. The number of aromatic nitrogens is 2. The van der Waals surface area contributed by atoms with Gasteiger partial charge in [-0.05, 0) is 36.6 Å². The van der Waals surface area contributed by atoms with E-state index in [1.54, 1.807) is 41.3 Å². The van der Waals surface area contributed by atoms with Crippen LogP contribution in [0.3, 0.4) is 0 Å². The van der Waals surface area contributed by atoms with Crippen molar-refractivity contribution in [2.24, 2.45) is 5.73 Å². The summed E-state index contributed by atoms with van der Waals surface area (Å²) < 4.78 is 5.81. The van der Waals surface area contributed by atoms with Crippen molar-refractivity contribution in [2.75, 3.05) is 23.1 Å². The minimum atomic E-state index is -0.740. The Morgan fingerprint density at radius 3 is 2.83 bits per heavy atom. The van der Waals surface area contributed by atoms with Gasteiger partial charge in [-0.15, -0.1) is 10.2 Å². The van der Waals surface area contributed by atoms with E-state index in [0.29, 0.717) is 62.0 Å². The minimum absolute atomic E-state index is 0.0836. The van der Waals surface area contributed by atoms with Crippen LogP contribution in [0.2, 0.25) is 10.0 Å². The summed E-state index contributed by atoms with van der Waals surface area (Å²) in [5.74, 6) is -0.264. The van der Waals surface area contributed by atoms with E-state index < -0.39 is 5.92 Å². The van der Waals surface area contributed by atoms with Gasteiger partial charge in [0.25, 0.3) is 0 Å². The number of carbonyl (C=O) groups is 2. The predicted octanol–water partition coefficient (Wildman–Crippen LogP) is 5.89. The fourth-order valence-electron chi connectivity index (χ4n) is 4.77. The number of nitrogens with zero attached hydrogens (tertiary/aromatic N) is 4. The van der Waals surface area contributed by atoms with Crippen LogP contribution in [0.5, 0.6) is 5.75 Å². The molecule has 2 aliphatic rings. The maximum atomic E-state index is 13.3. The van der Waals surface area contributed by atoms with E-state index >= 15 is 0 Å². The van der Waals surface area contributed by atoms with Crippen molar-refractivity contribution >= 4 is 68.8 Å². The van der Waals surface area contributed by atoms with Gasteiger partial charge in [-0.1, -0.05) is 70.6 Å². The number of allylic oxidation sites excluding steroid dienone is 3. The second-order valence-electron chi connectivity index (χ2n) is 8.85. The highest BCUT2D eigenvalue weighted by atomic mass is 35.5. The third-order valence-corrected chi connectivity index (χ3v) is 9.38. The van der Waals surface area contributed by atoms with E-state index in [-0.39, 0.29) is 33.9 Å². The molecular weight excluding hydrogens is 591 g/mol. The van der Waals surface area contributed by atoms with Crippen LogP contribution in [0.4, 0.5) is 10.8 Å². The van der Waals surface area contributed by atoms with E-state index in [1.807, 2.05) is 6.07 Å². The molecule has 1 atom stereocenters. The molecule has 3 N–H and O–H groups in total. The summed E-state index contributed by atoms with van der Waals surface area (Å²) in [5.41, 5.74) is 9.01. The molecule has 9 nitrogen and oxygen atoms in total. The molecule has 1 aromatic heterocycles. The van der Waals surface area contributed by atoms with E-state index in [9.17, 15) is 14.9 Å². The van der Waals surface area contributed by atoms with E-state index in [0.717, 1.165) is 0 Å². The zero-order valence-electron chi connectivity index (χ0n) is 21.1. The zero-order chi connectivity index (χ0) is 28.4. The molecule has 1 aliphatic heterocycles. The number of nitrogens with two attached hydrogens (primary N) is 1. The lowest BCUT2D eigenvalue weighted by Crippen LogP contribution is -2.38. The molecule has 5 rings (SSSR count). The van der Waals surface area contributed by atoms with Gasteiger partial charge in [0.05, 0.1) is 46.2 Å². The largest absolute Gasteiger partial charge is 0.495 e. The lowest BCUT2D eigenvalue weighted by Gasteiger charge is -2.38. The monoisotopic (exact) mass is 612 g/mol. The second kappa shape index (κ2) is 11.9. The Morgan fingerprint density at radius 1 is 1.25 bits per heavy atom. The number of amides is 1. The first-order valence-electron chi connectivity index (χ1n) is 12.1. The Labute approximate surface area is 248 Å². The lowest BCUT2D eigenvalue weighted by molar-refractivity contribution is -0.116. The van der Waals surface area contributed by atoms with Gasteiger partial charge in [-0.3, -0.25) is 14.5 Å². The van der Waals surface area contributed by atoms with Gasteiger partial charge >= 0.3 is 0 Å². The molecule has 0 saturated heterocycles. The Balaban J connectivity index is 1.44.